The Morgan fingerprint density at radius 2 is 1.97 bits per heavy atom. The van der Waals surface area contributed by atoms with Crippen LogP contribution in [0.1, 0.15) is 53.1 Å². The van der Waals surface area contributed by atoms with E-state index in [-0.39, 0.29) is 18.6 Å². The van der Waals surface area contributed by atoms with E-state index in [1.807, 2.05) is 47.6 Å². The lowest BCUT2D eigenvalue weighted by molar-refractivity contribution is 0.0277. The fourth-order valence-electron chi connectivity index (χ4n) is 2.59. The summed E-state index contributed by atoms with van der Waals surface area (Å²) in [5.74, 6) is 2.01. The summed E-state index contributed by atoms with van der Waals surface area (Å²) in [6, 6.07) is 3.58. The second kappa shape index (κ2) is 10.5. The molecule has 29 heavy (non-hydrogen) atoms. The molecule has 0 aromatic carbocycles. The van der Waals surface area contributed by atoms with E-state index in [0.29, 0.717) is 31.4 Å². The van der Waals surface area contributed by atoms with Gasteiger partial charge >= 0.3 is 6.09 Å². The minimum Gasteiger partial charge on any atom is -0.463 e. The maximum absolute atomic E-state index is 12.1. The quantitative estimate of drug-likeness (QED) is 0.450. The van der Waals surface area contributed by atoms with Gasteiger partial charge in [0.2, 0.25) is 0 Å². The van der Waals surface area contributed by atoms with E-state index in [1.54, 1.807) is 24.9 Å². The van der Waals surface area contributed by atoms with Crippen LogP contribution in [0.3, 0.4) is 0 Å². The highest BCUT2D eigenvalue weighted by Crippen LogP contribution is 2.23. The van der Waals surface area contributed by atoms with Crippen molar-refractivity contribution >= 4 is 12.1 Å². The minimum atomic E-state index is -1.20. The van der Waals surface area contributed by atoms with Crippen molar-refractivity contribution in [2.75, 3.05) is 33.2 Å². The highest BCUT2D eigenvalue weighted by atomic mass is 16.6. The highest BCUT2D eigenvalue weighted by molar-refractivity contribution is 5.79. The predicted molar refractivity (Wildman–Crippen MR) is 115 cm³/mol. The summed E-state index contributed by atoms with van der Waals surface area (Å²) < 4.78 is 10.9. The van der Waals surface area contributed by atoms with Crippen molar-refractivity contribution in [3.63, 3.8) is 0 Å². The molecule has 8 nitrogen and oxygen atoms in total. The Morgan fingerprint density at radius 3 is 2.48 bits per heavy atom. The molecule has 1 heterocycles. The van der Waals surface area contributed by atoms with Crippen molar-refractivity contribution in [2.24, 2.45) is 10.9 Å². The Kier molecular flexibility index (Phi) is 9.01. The van der Waals surface area contributed by atoms with Crippen molar-refractivity contribution in [3.05, 3.63) is 23.7 Å². The monoisotopic (exact) mass is 410 g/mol. The maximum Gasteiger partial charge on any atom is 0.410 e. The van der Waals surface area contributed by atoms with Crippen molar-refractivity contribution in [2.45, 2.75) is 59.7 Å². The zero-order chi connectivity index (χ0) is 22.2. The zero-order valence-electron chi connectivity index (χ0n) is 19.1. The third-order valence-corrected chi connectivity index (χ3v) is 4.07. The van der Waals surface area contributed by atoms with Gasteiger partial charge in [0.1, 0.15) is 22.7 Å². The number of aliphatic hydroxyl groups is 1. The molecule has 0 aliphatic rings. The van der Waals surface area contributed by atoms with Gasteiger partial charge in [-0.25, -0.2) is 9.79 Å². The first-order valence-electron chi connectivity index (χ1n) is 10.1. The summed E-state index contributed by atoms with van der Waals surface area (Å²) in [5.41, 5.74) is -1.71. The Hall–Kier alpha value is -2.22. The van der Waals surface area contributed by atoms with Gasteiger partial charge < -0.3 is 29.8 Å². The standard InChI is InChI=1S/C21H38N4O4/c1-9-22-18(24-14-21(7,27)17-11-10-16(3)28-17)23-12-15(2)13-25(8)19(26)29-20(4,5)6/h10-11,15,27H,9,12-14H2,1-8H3,(H2,22,23,24). The molecule has 1 aromatic rings. The van der Waals surface area contributed by atoms with Crippen LogP contribution in [0.25, 0.3) is 0 Å². The van der Waals surface area contributed by atoms with Crippen molar-refractivity contribution < 1.29 is 19.1 Å². The molecule has 0 saturated carbocycles. The van der Waals surface area contributed by atoms with Gasteiger partial charge in [-0.3, -0.25) is 0 Å². The van der Waals surface area contributed by atoms with Crippen LogP contribution in [0.5, 0.6) is 0 Å². The molecule has 0 saturated heterocycles. The van der Waals surface area contributed by atoms with E-state index in [2.05, 4.69) is 15.6 Å². The van der Waals surface area contributed by atoms with Crippen molar-refractivity contribution in [1.82, 2.24) is 15.5 Å². The number of nitrogens with one attached hydrogen (secondary N) is 2. The number of guanidine groups is 1. The number of aryl methyl sites for hydroxylation is 1. The molecule has 0 spiro atoms. The van der Waals surface area contributed by atoms with Crippen molar-refractivity contribution in [3.8, 4) is 0 Å². The number of furan rings is 1. The first-order valence-corrected chi connectivity index (χ1v) is 10.1. The first kappa shape index (κ1) is 24.8. The third-order valence-electron chi connectivity index (χ3n) is 4.07. The lowest BCUT2D eigenvalue weighted by Crippen LogP contribution is -2.43. The Bertz CT molecular complexity index is 676. The summed E-state index contributed by atoms with van der Waals surface area (Å²) in [4.78, 5) is 18.2. The zero-order valence-corrected chi connectivity index (χ0v) is 19.1. The van der Waals surface area contributed by atoms with Gasteiger partial charge in [0.15, 0.2) is 5.96 Å². The molecule has 0 radical (unpaired) electrons. The molecule has 2 unspecified atom stereocenters. The lowest BCUT2D eigenvalue weighted by Gasteiger charge is -2.27. The number of rotatable bonds is 8. The molecule has 1 amide bonds. The van der Waals surface area contributed by atoms with Crippen molar-refractivity contribution in [1.29, 1.82) is 0 Å². The second-order valence-electron chi connectivity index (χ2n) is 8.73. The molecular formula is C21H38N4O4. The van der Waals surface area contributed by atoms with Crippen LogP contribution >= 0.6 is 0 Å². The Labute approximate surface area is 174 Å². The lowest BCUT2D eigenvalue weighted by atomic mass is 10.0. The third kappa shape index (κ3) is 9.21. The van der Waals surface area contributed by atoms with Gasteiger partial charge in [-0.05, 0) is 59.6 Å². The number of carbonyl (C=O) groups excluding carboxylic acids is 1. The topological polar surface area (TPSA) is 99.3 Å². The van der Waals surface area contributed by atoms with Crippen LogP contribution in [0.2, 0.25) is 0 Å². The average Bonchev–Trinajstić information content (AvgIpc) is 3.03. The molecule has 0 fully saturated rings. The minimum absolute atomic E-state index is 0.154. The van der Waals surface area contributed by atoms with Crippen LogP contribution in [-0.4, -0.2) is 60.9 Å². The molecule has 0 aliphatic heterocycles. The Balaban J connectivity index is 2.60. The summed E-state index contributed by atoms with van der Waals surface area (Å²) in [7, 11) is 1.73. The van der Waals surface area contributed by atoms with Gasteiger partial charge in [-0.1, -0.05) is 6.92 Å². The first-order chi connectivity index (χ1) is 13.3. The van der Waals surface area contributed by atoms with E-state index in [0.717, 1.165) is 5.76 Å². The number of nitrogens with zero attached hydrogens (tertiary/aromatic N) is 2. The number of aliphatic imine (C=N–C) groups is 1. The van der Waals surface area contributed by atoms with Crippen LogP contribution in [0.4, 0.5) is 4.79 Å². The van der Waals surface area contributed by atoms with Crippen LogP contribution in [0, 0.1) is 12.8 Å². The predicted octanol–water partition coefficient (Wildman–Crippen LogP) is 2.85. The molecular weight excluding hydrogens is 372 g/mol. The Morgan fingerprint density at radius 1 is 1.31 bits per heavy atom. The van der Waals surface area contributed by atoms with E-state index >= 15 is 0 Å². The van der Waals surface area contributed by atoms with Gasteiger partial charge in [0.05, 0.1) is 6.54 Å². The second-order valence-corrected chi connectivity index (χ2v) is 8.73. The van der Waals surface area contributed by atoms with E-state index in [9.17, 15) is 9.90 Å². The largest absolute Gasteiger partial charge is 0.463 e. The number of ether oxygens (including phenoxy) is 1. The maximum atomic E-state index is 12.1. The molecule has 0 bridgehead atoms. The van der Waals surface area contributed by atoms with Crippen LogP contribution in [-0.2, 0) is 10.3 Å². The number of hydrogen-bond acceptors (Lipinski definition) is 5. The summed E-state index contributed by atoms with van der Waals surface area (Å²) >= 11 is 0. The molecule has 166 valence electrons. The fraction of sp³-hybridized carbons (Fsp3) is 0.714. The van der Waals surface area contributed by atoms with Crippen LogP contribution < -0.4 is 10.6 Å². The van der Waals surface area contributed by atoms with Gasteiger partial charge in [0.25, 0.3) is 0 Å². The molecule has 2 atom stereocenters. The molecule has 1 rings (SSSR count). The van der Waals surface area contributed by atoms with Gasteiger partial charge in [-0.2, -0.15) is 0 Å². The number of amides is 1. The van der Waals surface area contributed by atoms with Gasteiger partial charge in [0, 0.05) is 26.7 Å². The van der Waals surface area contributed by atoms with Gasteiger partial charge in [-0.15, -0.1) is 0 Å². The summed E-state index contributed by atoms with van der Waals surface area (Å²) in [6.07, 6.45) is -0.338. The number of carbonyl (C=O) groups is 1. The summed E-state index contributed by atoms with van der Waals surface area (Å²) in [6.45, 7) is 15.1. The normalized spacial score (nSPS) is 15.4. The van der Waals surface area contributed by atoms with E-state index in [1.165, 1.54) is 0 Å². The molecule has 1 aromatic heterocycles. The molecule has 3 N–H and O–H groups in total. The smallest absolute Gasteiger partial charge is 0.410 e. The summed E-state index contributed by atoms with van der Waals surface area (Å²) in [5, 5.41) is 17.1. The fourth-order valence-corrected chi connectivity index (χ4v) is 2.59. The average molecular weight is 411 g/mol. The molecule has 8 heteroatoms. The van der Waals surface area contributed by atoms with Crippen LogP contribution in [0.15, 0.2) is 21.5 Å². The highest BCUT2D eigenvalue weighted by Gasteiger charge is 2.27. The number of hydrogen-bond donors (Lipinski definition) is 3. The van der Waals surface area contributed by atoms with E-state index < -0.39 is 11.2 Å². The molecule has 0 aliphatic carbocycles. The SMILES string of the molecule is CCNC(=NCC(C)(O)c1ccc(C)o1)NCC(C)CN(C)C(=O)OC(C)(C)C. The van der Waals surface area contributed by atoms with E-state index in [4.69, 9.17) is 9.15 Å².